The van der Waals surface area contributed by atoms with Crippen LogP contribution in [0.2, 0.25) is 0 Å². The first-order valence-electron chi connectivity index (χ1n) is 6.35. The zero-order chi connectivity index (χ0) is 15.4. The maximum Gasteiger partial charge on any atom is 0.337 e. The summed E-state index contributed by atoms with van der Waals surface area (Å²) in [5.74, 6) is -1.06. The molecule has 1 heterocycles. The van der Waals surface area contributed by atoms with Crippen molar-refractivity contribution in [2.45, 2.75) is 13.5 Å². The summed E-state index contributed by atoms with van der Waals surface area (Å²) in [6, 6.07) is 6.51. The lowest BCUT2D eigenvalue weighted by atomic mass is 10.1. The van der Waals surface area contributed by atoms with Crippen LogP contribution in [0.5, 0.6) is 0 Å². The number of carboxylic acid groups (broad SMARTS) is 1. The molecule has 0 radical (unpaired) electrons. The molecule has 0 aliphatic rings. The van der Waals surface area contributed by atoms with Crippen molar-refractivity contribution in [2.24, 2.45) is 0 Å². The summed E-state index contributed by atoms with van der Waals surface area (Å²) < 4.78 is 0. The Kier molecular flexibility index (Phi) is 4.59. The van der Waals surface area contributed by atoms with Gasteiger partial charge in [-0.25, -0.2) is 9.59 Å². The highest BCUT2D eigenvalue weighted by atomic mass is 32.1. The van der Waals surface area contributed by atoms with Crippen LogP contribution in [0, 0.1) is 6.92 Å². The number of thiophene rings is 1. The van der Waals surface area contributed by atoms with Crippen molar-refractivity contribution in [3.8, 4) is 0 Å². The van der Waals surface area contributed by atoms with E-state index in [1.807, 2.05) is 16.8 Å². The number of nitrogens with one attached hydrogen (secondary N) is 1. The summed E-state index contributed by atoms with van der Waals surface area (Å²) in [4.78, 5) is 24.9. The molecule has 0 aliphatic heterocycles. The molecule has 2 rings (SSSR count). The van der Waals surface area contributed by atoms with Crippen LogP contribution < -0.4 is 5.32 Å². The predicted molar refractivity (Wildman–Crippen MR) is 82.9 cm³/mol. The molecule has 110 valence electrons. The molecule has 1 aromatic carbocycles. The van der Waals surface area contributed by atoms with E-state index in [0.717, 1.165) is 5.56 Å². The number of urea groups is 1. The molecule has 0 atom stereocenters. The Morgan fingerprint density at radius 3 is 2.71 bits per heavy atom. The van der Waals surface area contributed by atoms with E-state index in [1.54, 1.807) is 37.4 Å². The molecule has 2 amide bonds. The average molecular weight is 304 g/mol. The normalized spacial score (nSPS) is 10.2. The first-order chi connectivity index (χ1) is 9.99. The van der Waals surface area contributed by atoms with Crippen LogP contribution in [0.4, 0.5) is 10.5 Å². The van der Waals surface area contributed by atoms with E-state index in [2.05, 4.69) is 5.32 Å². The van der Waals surface area contributed by atoms with Crippen molar-refractivity contribution >= 4 is 29.0 Å². The quantitative estimate of drug-likeness (QED) is 0.909. The third kappa shape index (κ3) is 3.61. The number of benzene rings is 1. The highest BCUT2D eigenvalue weighted by molar-refractivity contribution is 7.07. The molecule has 5 nitrogen and oxygen atoms in total. The van der Waals surface area contributed by atoms with E-state index in [-0.39, 0.29) is 11.6 Å². The fourth-order valence-electron chi connectivity index (χ4n) is 1.94. The van der Waals surface area contributed by atoms with E-state index in [9.17, 15) is 14.7 Å². The summed E-state index contributed by atoms with van der Waals surface area (Å²) >= 11 is 1.57. The zero-order valence-electron chi connectivity index (χ0n) is 11.8. The van der Waals surface area contributed by atoms with E-state index in [4.69, 9.17) is 0 Å². The zero-order valence-corrected chi connectivity index (χ0v) is 12.6. The van der Waals surface area contributed by atoms with Gasteiger partial charge in [0.1, 0.15) is 0 Å². The maximum absolute atomic E-state index is 12.2. The van der Waals surface area contributed by atoms with Gasteiger partial charge in [0.25, 0.3) is 0 Å². The van der Waals surface area contributed by atoms with Crippen LogP contribution >= 0.6 is 11.3 Å². The van der Waals surface area contributed by atoms with Gasteiger partial charge >= 0.3 is 12.0 Å². The highest BCUT2D eigenvalue weighted by Crippen LogP contribution is 2.21. The second-order valence-corrected chi connectivity index (χ2v) is 5.50. The molecule has 0 unspecified atom stereocenters. The number of carboxylic acids is 1. The molecular weight excluding hydrogens is 288 g/mol. The van der Waals surface area contributed by atoms with Crippen molar-refractivity contribution in [1.82, 2.24) is 4.90 Å². The van der Waals surface area contributed by atoms with Gasteiger partial charge in [-0.1, -0.05) is 12.1 Å². The first kappa shape index (κ1) is 15.1. The number of nitrogens with zero attached hydrogens (tertiary/aromatic N) is 1. The molecule has 0 saturated carbocycles. The molecule has 1 aromatic heterocycles. The van der Waals surface area contributed by atoms with Gasteiger partial charge in [-0.2, -0.15) is 11.3 Å². The largest absolute Gasteiger partial charge is 0.478 e. The summed E-state index contributed by atoms with van der Waals surface area (Å²) in [5.41, 5.74) is 2.19. The van der Waals surface area contributed by atoms with Gasteiger partial charge in [0, 0.05) is 13.6 Å². The third-order valence-electron chi connectivity index (χ3n) is 3.08. The van der Waals surface area contributed by atoms with Crippen molar-refractivity contribution < 1.29 is 14.7 Å². The average Bonchev–Trinajstić information content (AvgIpc) is 2.93. The number of carbonyl (C=O) groups is 2. The van der Waals surface area contributed by atoms with Crippen LogP contribution in [0.1, 0.15) is 21.5 Å². The molecule has 0 saturated heterocycles. The Labute approximate surface area is 126 Å². The van der Waals surface area contributed by atoms with Crippen LogP contribution in [0.25, 0.3) is 0 Å². The lowest BCUT2D eigenvalue weighted by Crippen LogP contribution is -2.31. The van der Waals surface area contributed by atoms with Crippen molar-refractivity contribution in [1.29, 1.82) is 0 Å². The Hall–Kier alpha value is -2.34. The summed E-state index contributed by atoms with van der Waals surface area (Å²) in [6.07, 6.45) is 0. The molecule has 6 heteroatoms. The Bertz CT molecular complexity index is 653. The SMILES string of the molecule is Cc1cccc(C(=O)O)c1NC(=O)N(C)Cc1ccsc1. The lowest BCUT2D eigenvalue weighted by Gasteiger charge is -2.19. The van der Waals surface area contributed by atoms with Gasteiger partial charge in [0.15, 0.2) is 0 Å². The molecular formula is C15H16N2O3S. The number of amides is 2. The number of carbonyl (C=O) groups excluding carboxylic acids is 1. The Balaban J connectivity index is 2.14. The van der Waals surface area contributed by atoms with E-state index in [0.29, 0.717) is 17.8 Å². The van der Waals surface area contributed by atoms with Gasteiger partial charge in [0.2, 0.25) is 0 Å². The number of rotatable bonds is 4. The van der Waals surface area contributed by atoms with Crippen LogP contribution in [-0.2, 0) is 6.54 Å². The lowest BCUT2D eigenvalue weighted by molar-refractivity contribution is 0.0698. The fraction of sp³-hybridized carbons (Fsp3) is 0.200. The van der Waals surface area contributed by atoms with Crippen LogP contribution in [0.3, 0.4) is 0 Å². The summed E-state index contributed by atoms with van der Waals surface area (Å²) in [5, 5.41) is 15.8. The van der Waals surface area contributed by atoms with Crippen molar-refractivity contribution in [3.05, 3.63) is 51.7 Å². The molecule has 2 N–H and O–H groups in total. The van der Waals surface area contributed by atoms with Crippen LogP contribution in [0.15, 0.2) is 35.0 Å². The molecule has 0 spiro atoms. The van der Waals surface area contributed by atoms with Gasteiger partial charge in [-0.15, -0.1) is 0 Å². The Morgan fingerprint density at radius 1 is 1.33 bits per heavy atom. The van der Waals surface area contributed by atoms with Crippen molar-refractivity contribution in [2.75, 3.05) is 12.4 Å². The van der Waals surface area contributed by atoms with Gasteiger partial charge in [-0.3, -0.25) is 0 Å². The van der Waals surface area contributed by atoms with Gasteiger partial charge < -0.3 is 15.3 Å². The number of hydrogen-bond donors (Lipinski definition) is 2. The van der Waals surface area contributed by atoms with E-state index < -0.39 is 5.97 Å². The number of para-hydroxylation sites is 1. The minimum Gasteiger partial charge on any atom is -0.478 e. The predicted octanol–water partition coefficient (Wildman–Crippen LogP) is 3.42. The number of aromatic carboxylic acids is 1. The number of aryl methyl sites for hydroxylation is 1. The monoisotopic (exact) mass is 304 g/mol. The molecule has 0 bridgehead atoms. The molecule has 0 fully saturated rings. The molecule has 2 aromatic rings. The Morgan fingerprint density at radius 2 is 2.10 bits per heavy atom. The van der Waals surface area contributed by atoms with Crippen molar-refractivity contribution in [3.63, 3.8) is 0 Å². The standard InChI is InChI=1S/C15H16N2O3S/c1-10-4-3-5-12(14(18)19)13(10)16-15(20)17(2)8-11-6-7-21-9-11/h3-7,9H,8H2,1-2H3,(H,16,20)(H,18,19). The first-order valence-corrected chi connectivity index (χ1v) is 7.29. The summed E-state index contributed by atoms with van der Waals surface area (Å²) in [6.45, 7) is 2.24. The minimum atomic E-state index is -1.06. The number of hydrogen-bond acceptors (Lipinski definition) is 3. The second kappa shape index (κ2) is 6.41. The topological polar surface area (TPSA) is 69.6 Å². The fourth-order valence-corrected chi connectivity index (χ4v) is 2.60. The maximum atomic E-state index is 12.2. The van der Waals surface area contributed by atoms with E-state index >= 15 is 0 Å². The number of anilines is 1. The second-order valence-electron chi connectivity index (χ2n) is 4.72. The highest BCUT2D eigenvalue weighted by Gasteiger charge is 2.16. The van der Waals surface area contributed by atoms with Gasteiger partial charge in [0.05, 0.1) is 11.3 Å². The van der Waals surface area contributed by atoms with Crippen LogP contribution in [-0.4, -0.2) is 29.1 Å². The summed E-state index contributed by atoms with van der Waals surface area (Å²) in [7, 11) is 1.67. The minimum absolute atomic E-state index is 0.0901. The smallest absolute Gasteiger partial charge is 0.337 e. The molecule has 0 aliphatic carbocycles. The van der Waals surface area contributed by atoms with E-state index in [1.165, 1.54) is 11.0 Å². The molecule has 21 heavy (non-hydrogen) atoms. The third-order valence-corrected chi connectivity index (χ3v) is 3.81. The van der Waals surface area contributed by atoms with Gasteiger partial charge in [-0.05, 0) is 40.9 Å².